The van der Waals surface area contributed by atoms with Crippen molar-refractivity contribution in [2.75, 3.05) is 7.11 Å². The fraction of sp³-hybridized carbons (Fsp3) is 0.222. The van der Waals surface area contributed by atoms with Gasteiger partial charge < -0.3 is 14.6 Å². The van der Waals surface area contributed by atoms with Crippen molar-refractivity contribution in [2.45, 2.75) is 20.0 Å². The zero-order chi connectivity index (χ0) is 16.8. The largest absolute Gasteiger partial charge is 0.497 e. The summed E-state index contributed by atoms with van der Waals surface area (Å²) in [6.45, 7) is 1.74. The van der Waals surface area contributed by atoms with Gasteiger partial charge in [0.05, 0.1) is 13.5 Å². The van der Waals surface area contributed by atoms with Gasteiger partial charge in [-0.05, 0) is 48.4 Å². The van der Waals surface area contributed by atoms with Crippen LogP contribution in [0.4, 0.5) is 0 Å². The molecule has 0 amide bonds. The summed E-state index contributed by atoms with van der Waals surface area (Å²) < 4.78 is 10.8. The van der Waals surface area contributed by atoms with E-state index in [1.165, 1.54) is 6.92 Å². The second-order valence-corrected chi connectivity index (χ2v) is 5.09. The Morgan fingerprint density at radius 1 is 1.09 bits per heavy atom. The Morgan fingerprint density at radius 3 is 2.52 bits per heavy atom. The monoisotopic (exact) mass is 314 g/mol. The van der Waals surface area contributed by atoms with Gasteiger partial charge in [0.1, 0.15) is 18.1 Å². The van der Waals surface area contributed by atoms with E-state index in [0.29, 0.717) is 23.5 Å². The standard InChI is InChI=1S/C18H18O5/c1-12(19)17-7-6-16(9-14(17)10-18(20)21)23-11-13-4-3-5-15(8-13)22-2/h3-9H,10-11H2,1-2H3,(H,20,21). The van der Waals surface area contributed by atoms with Crippen LogP contribution in [0.15, 0.2) is 42.5 Å². The zero-order valence-corrected chi connectivity index (χ0v) is 13.0. The SMILES string of the molecule is COc1cccc(COc2ccc(C(C)=O)c(CC(=O)O)c2)c1. The number of carboxylic acid groups (broad SMARTS) is 1. The Hall–Kier alpha value is -2.82. The molecule has 2 aromatic rings. The molecule has 0 heterocycles. The molecule has 0 atom stereocenters. The maximum atomic E-state index is 11.6. The summed E-state index contributed by atoms with van der Waals surface area (Å²) in [5.74, 6) is 0.108. The van der Waals surface area contributed by atoms with E-state index >= 15 is 0 Å². The molecule has 0 fully saturated rings. The first-order chi connectivity index (χ1) is 11.0. The number of Topliss-reactive ketones (excluding diaryl/α,β-unsaturated/α-hetero) is 1. The summed E-state index contributed by atoms with van der Waals surface area (Å²) in [5.41, 5.74) is 1.79. The zero-order valence-electron chi connectivity index (χ0n) is 13.0. The third-order valence-electron chi connectivity index (χ3n) is 3.34. The molecule has 0 unspecified atom stereocenters. The van der Waals surface area contributed by atoms with E-state index in [2.05, 4.69) is 0 Å². The molecule has 0 aliphatic rings. The lowest BCUT2D eigenvalue weighted by atomic mass is 10.0. The van der Waals surface area contributed by atoms with E-state index in [1.54, 1.807) is 25.3 Å². The topological polar surface area (TPSA) is 72.8 Å². The van der Waals surface area contributed by atoms with Crippen molar-refractivity contribution in [3.63, 3.8) is 0 Å². The highest BCUT2D eigenvalue weighted by molar-refractivity contribution is 5.96. The number of carbonyl (C=O) groups is 2. The van der Waals surface area contributed by atoms with Crippen LogP contribution in [0.1, 0.15) is 28.4 Å². The molecule has 2 aromatic carbocycles. The van der Waals surface area contributed by atoms with Gasteiger partial charge >= 0.3 is 5.97 Å². The lowest BCUT2D eigenvalue weighted by Crippen LogP contribution is -2.07. The van der Waals surface area contributed by atoms with Crippen molar-refractivity contribution >= 4 is 11.8 Å². The maximum absolute atomic E-state index is 11.6. The summed E-state index contributed by atoms with van der Waals surface area (Å²) in [5, 5.41) is 8.96. The van der Waals surface area contributed by atoms with Crippen LogP contribution >= 0.6 is 0 Å². The van der Waals surface area contributed by atoms with Crippen molar-refractivity contribution < 1.29 is 24.2 Å². The van der Waals surface area contributed by atoms with Gasteiger partial charge in [-0.1, -0.05) is 12.1 Å². The summed E-state index contributed by atoms with van der Waals surface area (Å²) >= 11 is 0. The van der Waals surface area contributed by atoms with Gasteiger partial charge in [0.15, 0.2) is 5.78 Å². The average Bonchev–Trinajstić information content (AvgIpc) is 2.52. The highest BCUT2D eigenvalue weighted by Crippen LogP contribution is 2.21. The normalized spacial score (nSPS) is 10.2. The van der Waals surface area contributed by atoms with E-state index < -0.39 is 5.97 Å². The number of hydrogen-bond donors (Lipinski definition) is 1. The number of carboxylic acids is 1. The van der Waals surface area contributed by atoms with Crippen LogP contribution in [0.5, 0.6) is 11.5 Å². The Morgan fingerprint density at radius 2 is 1.87 bits per heavy atom. The minimum atomic E-state index is -0.988. The van der Waals surface area contributed by atoms with Gasteiger partial charge in [0.25, 0.3) is 0 Å². The van der Waals surface area contributed by atoms with Crippen molar-refractivity contribution in [1.82, 2.24) is 0 Å². The predicted octanol–water partition coefficient (Wildman–Crippen LogP) is 3.10. The van der Waals surface area contributed by atoms with Crippen LogP contribution in [0.3, 0.4) is 0 Å². The van der Waals surface area contributed by atoms with Crippen molar-refractivity contribution in [1.29, 1.82) is 0 Å². The molecule has 0 radical (unpaired) electrons. The van der Waals surface area contributed by atoms with Gasteiger partial charge in [-0.2, -0.15) is 0 Å². The highest BCUT2D eigenvalue weighted by atomic mass is 16.5. The second kappa shape index (κ2) is 7.45. The molecule has 0 aliphatic carbocycles. The van der Waals surface area contributed by atoms with Crippen LogP contribution in [-0.2, 0) is 17.8 Å². The van der Waals surface area contributed by atoms with E-state index in [0.717, 1.165) is 11.3 Å². The number of aliphatic carboxylic acids is 1. The quantitative estimate of drug-likeness (QED) is 0.795. The lowest BCUT2D eigenvalue weighted by molar-refractivity contribution is -0.136. The average molecular weight is 314 g/mol. The molecule has 5 heteroatoms. The minimum absolute atomic E-state index is 0.166. The number of carbonyl (C=O) groups excluding carboxylic acids is 1. The van der Waals surface area contributed by atoms with Crippen LogP contribution in [0, 0.1) is 0 Å². The Balaban J connectivity index is 2.16. The molecule has 0 saturated carbocycles. The molecule has 0 aliphatic heterocycles. The lowest BCUT2D eigenvalue weighted by Gasteiger charge is -2.11. The molecule has 0 bridgehead atoms. The molecule has 120 valence electrons. The Labute approximate surface area is 134 Å². The molecule has 0 spiro atoms. The third kappa shape index (κ3) is 4.57. The van der Waals surface area contributed by atoms with Gasteiger partial charge in [0, 0.05) is 5.56 Å². The van der Waals surface area contributed by atoms with E-state index in [4.69, 9.17) is 14.6 Å². The minimum Gasteiger partial charge on any atom is -0.497 e. The number of benzene rings is 2. The number of hydrogen-bond acceptors (Lipinski definition) is 4. The molecule has 5 nitrogen and oxygen atoms in total. The summed E-state index contributed by atoms with van der Waals surface area (Å²) in [4.78, 5) is 22.5. The third-order valence-corrected chi connectivity index (χ3v) is 3.34. The number of rotatable bonds is 7. The summed E-state index contributed by atoms with van der Waals surface area (Å²) in [6, 6.07) is 12.4. The molecule has 1 N–H and O–H groups in total. The molecule has 23 heavy (non-hydrogen) atoms. The number of methoxy groups -OCH3 is 1. The number of ketones is 1. The van der Waals surface area contributed by atoms with Crippen LogP contribution in [-0.4, -0.2) is 24.0 Å². The fourth-order valence-electron chi connectivity index (χ4n) is 2.24. The van der Waals surface area contributed by atoms with Gasteiger partial charge in [-0.25, -0.2) is 0 Å². The Bertz CT molecular complexity index is 721. The molecule has 0 aromatic heterocycles. The van der Waals surface area contributed by atoms with Crippen molar-refractivity contribution in [3.05, 3.63) is 59.2 Å². The van der Waals surface area contributed by atoms with Gasteiger partial charge in [0.2, 0.25) is 0 Å². The first-order valence-electron chi connectivity index (χ1n) is 7.11. The summed E-state index contributed by atoms with van der Waals surface area (Å²) in [7, 11) is 1.60. The maximum Gasteiger partial charge on any atom is 0.307 e. The van der Waals surface area contributed by atoms with Gasteiger partial charge in [-0.3, -0.25) is 9.59 Å². The van der Waals surface area contributed by atoms with Crippen molar-refractivity contribution in [3.8, 4) is 11.5 Å². The first kappa shape index (κ1) is 16.5. The van der Waals surface area contributed by atoms with E-state index in [9.17, 15) is 9.59 Å². The second-order valence-electron chi connectivity index (χ2n) is 5.09. The number of ether oxygens (including phenoxy) is 2. The molecular formula is C18H18O5. The Kier molecular flexibility index (Phi) is 5.36. The molecule has 2 rings (SSSR count). The van der Waals surface area contributed by atoms with E-state index in [-0.39, 0.29) is 12.2 Å². The molecular weight excluding hydrogens is 296 g/mol. The predicted molar refractivity (Wildman–Crippen MR) is 85.1 cm³/mol. The highest BCUT2D eigenvalue weighted by Gasteiger charge is 2.12. The van der Waals surface area contributed by atoms with Crippen LogP contribution in [0.25, 0.3) is 0 Å². The van der Waals surface area contributed by atoms with Crippen LogP contribution < -0.4 is 9.47 Å². The smallest absolute Gasteiger partial charge is 0.307 e. The first-order valence-corrected chi connectivity index (χ1v) is 7.11. The van der Waals surface area contributed by atoms with E-state index in [1.807, 2.05) is 24.3 Å². The van der Waals surface area contributed by atoms with Crippen molar-refractivity contribution in [2.24, 2.45) is 0 Å². The summed E-state index contributed by atoms with van der Waals surface area (Å²) in [6.07, 6.45) is -0.217. The van der Waals surface area contributed by atoms with Crippen LogP contribution in [0.2, 0.25) is 0 Å². The molecule has 0 saturated heterocycles. The fourth-order valence-corrected chi connectivity index (χ4v) is 2.24. The van der Waals surface area contributed by atoms with Gasteiger partial charge in [-0.15, -0.1) is 0 Å².